The Morgan fingerprint density at radius 3 is 1.71 bits per heavy atom. The number of nitrogens with zero attached hydrogens (tertiary/aromatic N) is 3. The van der Waals surface area contributed by atoms with Gasteiger partial charge in [0.25, 0.3) is 0 Å². The van der Waals surface area contributed by atoms with E-state index in [1.54, 1.807) is 11.3 Å². The van der Waals surface area contributed by atoms with Gasteiger partial charge < -0.3 is 0 Å². The Morgan fingerprint density at radius 1 is 0.463 bits per heavy atom. The lowest BCUT2D eigenvalue weighted by molar-refractivity contribution is 0.104. The van der Waals surface area contributed by atoms with Crippen molar-refractivity contribution in [3.8, 4) is 55.6 Å². The Bertz CT molecular complexity index is 2040. The number of ketones is 1. The molecule has 192 valence electrons. The highest BCUT2D eigenvalue weighted by molar-refractivity contribution is 7.21. The van der Waals surface area contributed by atoms with Crippen LogP contribution in [-0.2, 0) is 0 Å². The molecule has 1 aliphatic rings. The lowest BCUT2D eigenvalue weighted by Crippen LogP contribution is -1.95. The van der Waals surface area contributed by atoms with Crippen molar-refractivity contribution in [3.63, 3.8) is 0 Å². The van der Waals surface area contributed by atoms with Crippen molar-refractivity contribution >= 4 is 27.3 Å². The predicted octanol–water partition coefficient (Wildman–Crippen LogP) is 8.97. The molecule has 0 saturated carbocycles. The zero-order valence-corrected chi connectivity index (χ0v) is 22.6. The number of carbonyl (C=O) groups excluding carboxylic acids is 1. The van der Waals surface area contributed by atoms with Crippen LogP contribution in [0, 0.1) is 0 Å². The summed E-state index contributed by atoms with van der Waals surface area (Å²) in [6.07, 6.45) is 0. The Kier molecular flexibility index (Phi) is 5.43. The minimum absolute atomic E-state index is 0.0732. The Balaban J connectivity index is 1.17. The summed E-state index contributed by atoms with van der Waals surface area (Å²) in [5.74, 6) is 0.749. The second kappa shape index (κ2) is 9.44. The summed E-state index contributed by atoms with van der Waals surface area (Å²) in [5, 5.41) is 0.917. The molecule has 0 N–H and O–H groups in total. The molecule has 0 aliphatic heterocycles. The van der Waals surface area contributed by atoms with E-state index < -0.39 is 0 Å². The van der Waals surface area contributed by atoms with Gasteiger partial charge in [-0.3, -0.25) is 4.79 Å². The van der Waals surface area contributed by atoms with Crippen LogP contribution in [0.5, 0.6) is 0 Å². The van der Waals surface area contributed by atoms with E-state index in [2.05, 4.69) is 54.6 Å². The van der Waals surface area contributed by atoms with Gasteiger partial charge in [-0.25, -0.2) is 15.0 Å². The summed E-state index contributed by atoms with van der Waals surface area (Å²) < 4.78 is 1.07. The second-order valence-electron chi connectivity index (χ2n) is 10.0. The zero-order chi connectivity index (χ0) is 27.3. The Labute approximate surface area is 240 Å². The molecule has 8 rings (SSSR count). The average molecular weight is 544 g/mol. The molecule has 41 heavy (non-hydrogen) atoms. The topological polar surface area (TPSA) is 55.7 Å². The number of fused-ring (bicyclic) bond motifs is 4. The molecular weight excluding hydrogens is 522 g/mol. The molecule has 4 nitrogen and oxygen atoms in total. The van der Waals surface area contributed by atoms with Crippen LogP contribution < -0.4 is 0 Å². The number of thiazole rings is 1. The van der Waals surface area contributed by atoms with Gasteiger partial charge >= 0.3 is 0 Å². The number of hydrogen-bond donors (Lipinski definition) is 0. The fourth-order valence-electron chi connectivity index (χ4n) is 5.42. The molecule has 2 aromatic heterocycles. The average Bonchev–Trinajstić information content (AvgIpc) is 3.59. The van der Waals surface area contributed by atoms with Crippen LogP contribution >= 0.6 is 11.3 Å². The van der Waals surface area contributed by atoms with Crippen molar-refractivity contribution in [3.05, 3.63) is 139 Å². The van der Waals surface area contributed by atoms with E-state index in [1.807, 2.05) is 72.8 Å². The molecule has 5 heteroatoms. The highest BCUT2D eigenvalue weighted by Crippen LogP contribution is 2.41. The third kappa shape index (κ3) is 4.06. The maximum Gasteiger partial charge on any atom is 0.194 e. The van der Waals surface area contributed by atoms with Crippen LogP contribution in [0.1, 0.15) is 15.9 Å². The Hall–Kier alpha value is -5.26. The summed E-state index contributed by atoms with van der Waals surface area (Å²) in [7, 11) is 0. The van der Waals surface area contributed by atoms with Gasteiger partial charge in [0.05, 0.1) is 21.6 Å². The number of carbonyl (C=O) groups is 1. The maximum atomic E-state index is 13.0. The number of benzene rings is 5. The molecule has 0 unspecified atom stereocenters. The first kappa shape index (κ1) is 23.6. The third-order valence-corrected chi connectivity index (χ3v) is 8.56. The molecule has 7 aromatic rings. The van der Waals surface area contributed by atoms with E-state index in [0.29, 0.717) is 5.82 Å². The molecule has 5 aromatic carbocycles. The van der Waals surface area contributed by atoms with Gasteiger partial charge in [-0.05, 0) is 29.3 Å². The summed E-state index contributed by atoms with van der Waals surface area (Å²) in [6, 6.07) is 42.5. The molecule has 0 bridgehead atoms. The fourth-order valence-corrected chi connectivity index (χ4v) is 6.41. The van der Waals surface area contributed by atoms with E-state index in [9.17, 15) is 4.79 Å². The zero-order valence-electron chi connectivity index (χ0n) is 21.8. The first-order valence-corrected chi connectivity index (χ1v) is 14.2. The number of aromatic nitrogens is 3. The minimum atomic E-state index is 0.0732. The van der Waals surface area contributed by atoms with Crippen molar-refractivity contribution in [2.75, 3.05) is 0 Å². The molecule has 0 radical (unpaired) electrons. The molecule has 1 aliphatic carbocycles. The van der Waals surface area contributed by atoms with Crippen LogP contribution in [0.25, 0.3) is 65.8 Å². The van der Waals surface area contributed by atoms with Crippen LogP contribution in [0.2, 0.25) is 0 Å². The quantitative estimate of drug-likeness (QED) is 0.222. The third-order valence-electron chi connectivity index (χ3n) is 7.49. The van der Waals surface area contributed by atoms with Crippen LogP contribution in [0.3, 0.4) is 0 Å². The monoisotopic (exact) mass is 543 g/mol. The van der Waals surface area contributed by atoms with Crippen LogP contribution in [0.4, 0.5) is 0 Å². The van der Waals surface area contributed by atoms with Crippen molar-refractivity contribution < 1.29 is 4.79 Å². The van der Waals surface area contributed by atoms with Gasteiger partial charge in [-0.2, -0.15) is 0 Å². The van der Waals surface area contributed by atoms with Gasteiger partial charge in [0.1, 0.15) is 5.01 Å². The Morgan fingerprint density at radius 2 is 1.05 bits per heavy atom. The number of rotatable bonds is 4. The summed E-state index contributed by atoms with van der Waals surface area (Å²) in [4.78, 5) is 27.8. The second-order valence-corrected chi connectivity index (χ2v) is 11.1. The lowest BCUT2D eigenvalue weighted by Gasteiger charge is -2.09. The lowest BCUT2D eigenvalue weighted by atomic mass is 10.1. The number of hydrogen-bond acceptors (Lipinski definition) is 5. The van der Waals surface area contributed by atoms with Crippen molar-refractivity contribution in [1.29, 1.82) is 0 Å². The SMILES string of the molecule is O=C1c2ccccc2-c2cc3sc(-c4ccc(-c5nc(-c6ccccc6)cc(-c6ccccc6)n5)cc4)nc3cc21. The fraction of sp³-hybridized carbons (Fsp3) is 0. The standard InChI is InChI=1S/C36H21N3OS/c40-34-27-14-8-7-13-26(27)28-20-33-32(19-29(28)34)39-36(41-33)25-17-15-24(16-18-25)35-37-30(22-9-3-1-4-10-22)21-31(38-35)23-11-5-2-6-12-23/h1-21H. The summed E-state index contributed by atoms with van der Waals surface area (Å²) in [6.45, 7) is 0. The van der Waals surface area contributed by atoms with Crippen molar-refractivity contribution in [2.45, 2.75) is 0 Å². The molecule has 0 spiro atoms. The van der Waals surface area contributed by atoms with E-state index in [0.717, 1.165) is 71.1 Å². The molecule has 0 atom stereocenters. The van der Waals surface area contributed by atoms with Crippen molar-refractivity contribution in [2.24, 2.45) is 0 Å². The van der Waals surface area contributed by atoms with E-state index in [4.69, 9.17) is 15.0 Å². The van der Waals surface area contributed by atoms with Gasteiger partial charge in [0.2, 0.25) is 0 Å². The van der Waals surface area contributed by atoms with Gasteiger partial charge in [0, 0.05) is 33.4 Å². The first-order chi connectivity index (χ1) is 20.2. The van der Waals surface area contributed by atoms with E-state index in [1.165, 1.54) is 0 Å². The molecule has 0 saturated heterocycles. The van der Waals surface area contributed by atoms with Crippen LogP contribution in [0.15, 0.2) is 127 Å². The smallest absolute Gasteiger partial charge is 0.194 e. The molecular formula is C36H21N3OS. The maximum absolute atomic E-state index is 13.0. The molecule has 0 amide bonds. The van der Waals surface area contributed by atoms with Gasteiger partial charge in [-0.1, -0.05) is 109 Å². The van der Waals surface area contributed by atoms with E-state index >= 15 is 0 Å². The molecule has 2 heterocycles. The van der Waals surface area contributed by atoms with E-state index in [-0.39, 0.29) is 5.78 Å². The van der Waals surface area contributed by atoms with Gasteiger partial charge in [-0.15, -0.1) is 11.3 Å². The van der Waals surface area contributed by atoms with Gasteiger partial charge in [0.15, 0.2) is 11.6 Å². The van der Waals surface area contributed by atoms with Crippen LogP contribution in [-0.4, -0.2) is 20.7 Å². The largest absolute Gasteiger partial charge is 0.289 e. The summed E-state index contributed by atoms with van der Waals surface area (Å²) >= 11 is 1.64. The van der Waals surface area contributed by atoms with Crippen molar-refractivity contribution in [1.82, 2.24) is 15.0 Å². The summed E-state index contributed by atoms with van der Waals surface area (Å²) in [5.41, 5.74) is 10.2. The first-order valence-electron chi connectivity index (χ1n) is 13.4. The minimum Gasteiger partial charge on any atom is -0.289 e. The highest BCUT2D eigenvalue weighted by Gasteiger charge is 2.27. The highest BCUT2D eigenvalue weighted by atomic mass is 32.1. The predicted molar refractivity (Wildman–Crippen MR) is 166 cm³/mol. The normalized spacial score (nSPS) is 12.0. The molecule has 0 fully saturated rings.